The van der Waals surface area contributed by atoms with E-state index in [1.807, 2.05) is 19.1 Å². The minimum atomic E-state index is -0.908. The molecule has 0 bridgehead atoms. The average molecular weight is 347 g/mol. The van der Waals surface area contributed by atoms with E-state index in [-0.39, 0.29) is 5.97 Å². The van der Waals surface area contributed by atoms with Crippen molar-refractivity contribution in [2.45, 2.75) is 25.3 Å². The Hall–Kier alpha value is -0.580. The van der Waals surface area contributed by atoms with E-state index in [2.05, 4.69) is 21.2 Å². The van der Waals surface area contributed by atoms with Crippen LogP contribution in [0.2, 0.25) is 5.02 Å². The van der Waals surface area contributed by atoms with Crippen LogP contribution in [0.5, 0.6) is 0 Å². The number of esters is 1. The van der Waals surface area contributed by atoms with Crippen molar-refractivity contribution in [3.05, 3.63) is 33.3 Å². The second-order valence-corrected chi connectivity index (χ2v) is 6.39. The lowest BCUT2D eigenvalue weighted by molar-refractivity contribution is -0.148. The highest BCUT2D eigenvalue weighted by Crippen LogP contribution is 2.34. The molecule has 1 N–H and O–H groups in total. The van der Waals surface area contributed by atoms with Gasteiger partial charge in [0, 0.05) is 15.1 Å². The van der Waals surface area contributed by atoms with E-state index in [0.717, 1.165) is 16.6 Å². The summed E-state index contributed by atoms with van der Waals surface area (Å²) in [6.45, 7) is 2.62. The van der Waals surface area contributed by atoms with Gasteiger partial charge in [0.05, 0.1) is 7.11 Å². The fourth-order valence-electron chi connectivity index (χ4n) is 2.05. The first-order valence-corrected chi connectivity index (χ1v) is 7.43. The Morgan fingerprint density at radius 2 is 2.26 bits per heavy atom. The van der Waals surface area contributed by atoms with Gasteiger partial charge < -0.3 is 4.74 Å². The summed E-state index contributed by atoms with van der Waals surface area (Å²) < 4.78 is 5.82. The van der Waals surface area contributed by atoms with Crippen LogP contribution in [-0.2, 0) is 15.1 Å². The van der Waals surface area contributed by atoms with Crippen LogP contribution in [-0.4, -0.2) is 19.6 Å². The lowest BCUT2D eigenvalue weighted by Crippen LogP contribution is -2.48. The third kappa shape index (κ3) is 3.30. The summed E-state index contributed by atoms with van der Waals surface area (Å²) in [5.74, 6) is 0.343. The molecule has 0 spiro atoms. The largest absolute Gasteiger partial charge is 0.467 e. The van der Waals surface area contributed by atoms with E-state index in [1.54, 1.807) is 6.07 Å². The third-order valence-corrected chi connectivity index (χ3v) is 4.31. The molecule has 104 valence electrons. The first-order valence-electron chi connectivity index (χ1n) is 6.26. The zero-order valence-corrected chi connectivity index (χ0v) is 13.3. The lowest BCUT2D eigenvalue weighted by atomic mass is 9.91. The zero-order chi connectivity index (χ0) is 14.0. The Labute approximate surface area is 126 Å². The van der Waals surface area contributed by atoms with E-state index < -0.39 is 5.54 Å². The van der Waals surface area contributed by atoms with Crippen LogP contribution in [0.1, 0.15) is 25.3 Å². The molecule has 0 amide bonds. The summed E-state index contributed by atoms with van der Waals surface area (Å²) in [6, 6.07) is 5.52. The maximum Gasteiger partial charge on any atom is 0.330 e. The van der Waals surface area contributed by atoms with E-state index in [9.17, 15) is 4.79 Å². The molecule has 0 saturated heterocycles. The number of rotatable bonds is 5. The number of benzene rings is 1. The molecule has 1 aliphatic rings. The van der Waals surface area contributed by atoms with Crippen molar-refractivity contribution in [2.75, 3.05) is 13.7 Å². The van der Waals surface area contributed by atoms with Crippen molar-refractivity contribution in [3.8, 4) is 0 Å². The van der Waals surface area contributed by atoms with Crippen LogP contribution in [0.25, 0.3) is 0 Å². The van der Waals surface area contributed by atoms with Crippen molar-refractivity contribution < 1.29 is 9.53 Å². The van der Waals surface area contributed by atoms with Crippen molar-refractivity contribution >= 4 is 33.5 Å². The van der Waals surface area contributed by atoms with Gasteiger partial charge in [-0.2, -0.15) is 0 Å². The highest BCUT2D eigenvalue weighted by atomic mass is 79.9. The second-order valence-electron chi connectivity index (χ2n) is 5.07. The van der Waals surface area contributed by atoms with Crippen molar-refractivity contribution in [1.82, 2.24) is 5.32 Å². The molecule has 1 unspecified atom stereocenters. The van der Waals surface area contributed by atoms with Gasteiger partial charge >= 0.3 is 5.97 Å². The number of hydrogen-bond donors (Lipinski definition) is 1. The molecule has 5 heteroatoms. The summed E-state index contributed by atoms with van der Waals surface area (Å²) >= 11 is 9.64. The number of hydrogen-bond acceptors (Lipinski definition) is 3. The fourth-order valence-corrected chi connectivity index (χ4v) is 2.91. The van der Waals surface area contributed by atoms with E-state index in [1.165, 1.54) is 20.0 Å². The molecule has 0 radical (unpaired) electrons. The Morgan fingerprint density at radius 1 is 1.58 bits per heavy atom. The highest BCUT2D eigenvalue weighted by Gasteiger charge is 2.39. The number of carbonyl (C=O) groups is 1. The van der Waals surface area contributed by atoms with Gasteiger partial charge in [0.2, 0.25) is 0 Å². The Morgan fingerprint density at radius 3 is 2.79 bits per heavy atom. The minimum Gasteiger partial charge on any atom is -0.467 e. The zero-order valence-electron chi connectivity index (χ0n) is 11.0. The fraction of sp³-hybridized carbons (Fsp3) is 0.500. The molecule has 3 nitrogen and oxygen atoms in total. The molecular formula is C14H17BrClNO2. The number of ether oxygens (including phenoxy) is 1. The van der Waals surface area contributed by atoms with Gasteiger partial charge in [0.15, 0.2) is 0 Å². The molecule has 1 aromatic rings. The first-order chi connectivity index (χ1) is 8.97. The van der Waals surface area contributed by atoms with Crippen molar-refractivity contribution in [3.63, 3.8) is 0 Å². The molecule has 0 heterocycles. The highest BCUT2D eigenvalue weighted by molar-refractivity contribution is 9.10. The molecule has 1 atom stereocenters. The predicted octanol–water partition coefficient (Wildman–Crippen LogP) is 3.49. The number of carbonyl (C=O) groups excluding carboxylic acids is 1. The molecule has 1 aliphatic carbocycles. The monoisotopic (exact) mass is 345 g/mol. The summed E-state index contributed by atoms with van der Waals surface area (Å²) in [4.78, 5) is 12.1. The van der Waals surface area contributed by atoms with Crippen LogP contribution in [0.3, 0.4) is 0 Å². The second kappa shape index (κ2) is 5.81. The van der Waals surface area contributed by atoms with Gasteiger partial charge in [0.25, 0.3) is 0 Å². The van der Waals surface area contributed by atoms with E-state index >= 15 is 0 Å². The van der Waals surface area contributed by atoms with Gasteiger partial charge in [0.1, 0.15) is 5.54 Å². The minimum absolute atomic E-state index is 0.322. The van der Waals surface area contributed by atoms with Crippen LogP contribution < -0.4 is 5.32 Å². The lowest BCUT2D eigenvalue weighted by Gasteiger charge is -2.29. The normalized spacial score (nSPS) is 17.9. The third-order valence-electron chi connectivity index (χ3n) is 3.50. The number of methoxy groups -OCH3 is 1. The first kappa shape index (κ1) is 14.8. The maximum atomic E-state index is 12.1. The standard InChI is InChI=1S/C14H17BrClNO2/c1-14(13(18)19-2,17-8-9-3-4-9)11-6-5-10(15)7-12(11)16/h5-7,9,17H,3-4,8H2,1-2H3. The van der Waals surface area contributed by atoms with Gasteiger partial charge in [-0.25, -0.2) is 4.79 Å². The maximum absolute atomic E-state index is 12.1. The van der Waals surface area contributed by atoms with Crippen molar-refractivity contribution in [1.29, 1.82) is 0 Å². The molecule has 0 aliphatic heterocycles. The van der Waals surface area contributed by atoms with Gasteiger partial charge in [-0.1, -0.05) is 33.6 Å². The van der Waals surface area contributed by atoms with Crippen LogP contribution in [0.15, 0.2) is 22.7 Å². The van der Waals surface area contributed by atoms with Gasteiger partial charge in [-0.15, -0.1) is 0 Å². The molecule has 1 aromatic carbocycles. The SMILES string of the molecule is COC(=O)C(C)(NCC1CC1)c1ccc(Br)cc1Cl. The Balaban J connectivity index is 2.31. The molecule has 1 saturated carbocycles. The van der Waals surface area contributed by atoms with Crippen molar-refractivity contribution in [2.24, 2.45) is 5.92 Å². The summed E-state index contributed by atoms with van der Waals surface area (Å²) in [5.41, 5.74) is -0.167. The topological polar surface area (TPSA) is 38.3 Å². The molecular weight excluding hydrogens is 330 g/mol. The quantitative estimate of drug-likeness (QED) is 0.829. The van der Waals surface area contributed by atoms with Crippen LogP contribution in [0.4, 0.5) is 0 Å². The molecule has 0 aromatic heterocycles. The number of halogens is 2. The smallest absolute Gasteiger partial charge is 0.330 e. The Kier molecular flexibility index (Phi) is 4.54. The van der Waals surface area contributed by atoms with E-state index in [4.69, 9.17) is 16.3 Å². The summed E-state index contributed by atoms with van der Waals surface area (Å²) in [5, 5.41) is 3.86. The van der Waals surface area contributed by atoms with Gasteiger partial charge in [-0.05, 0) is 44.4 Å². The predicted molar refractivity (Wildman–Crippen MR) is 79.2 cm³/mol. The van der Waals surface area contributed by atoms with Crippen LogP contribution in [0, 0.1) is 5.92 Å². The Bertz CT molecular complexity index is 490. The van der Waals surface area contributed by atoms with E-state index in [0.29, 0.717) is 10.9 Å². The van der Waals surface area contributed by atoms with Crippen LogP contribution >= 0.6 is 27.5 Å². The molecule has 19 heavy (non-hydrogen) atoms. The summed E-state index contributed by atoms with van der Waals surface area (Å²) in [6.07, 6.45) is 2.44. The molecule has 2 rings (SSSR count). The van der Waals surface area contributed by atoms with Gasteiger partial charge in [-0.3, -0.25) is 5.32 Å². The number of nitrogens with one attached hydrogen (secondary N) is 1. The average Bonchev–Trinajstić information content (AvgIpc) is 3.19. The summed E-state index contributed by atoms with van der Waals surface area (Å²) in [7, 11) is 1.39. The molecule has 1 fully saturated rings.